The molecule has 1 nitrogen and oxygen atoms in total. The van der Waals surface area contributed by atoms with Crippen molar-refractivity contribution in [1.29, 1.82) is 0 Å². The normalized spacial score (nSPS) is 14.1. The SMILES string of the molecule is CC(C)[C@@H](NSC(C)(C)C)c1ccccc1Br. The first-order chi connectivity index (χ1) is 7.81. The Labute approximate surface area is 118 Å². The second-order valence-corrected chi connectivity index (χ2v) is 8.09. The number of benzene rings is 1. The summed E-state index contributed by atoms with van der Waals surface area (Å²) in [6.45, 7) is 11.2. The van der Waals surface area contributed by atoms with E-state index in [2.05, 4.69) is 79.5 Å². The van der Waals surface area contributed by atoms with Gasteiger partial charge in [-0.3, -0.25) is 4.72 Å². The second kappa shape index (κ2) is 6.26. The highest BCUT2D eigenvalue weighted by Crippen LogP contribution is 2.32. The summed E-state index contributed by atoms with van der Waals surface area (Å²) in [6.07, 6.45) is 0. The Morgan fingerprint density at radius 2 is 1.76 bits per heavy atom. The summed E-state index contributed by atoms with van der Waals surface area (Å²) in [7, 11) is 0. The number of halogens is 1. The zero-order valence-corrected chi connectivity index (χ0v) is 13.7. The Balaban J connectivity index is 2.84. The smallest absolute Gasteiger partial charge is 0.0455 e. The summed E-state index contributed by atoms with van der Waals surface area (Å²) in [5, 5.41) is 0. The van der Waals surface area contributed by atoms with E-state index in [-0.39, 0.29) is 4.75 Å². The van der Waals surface area contributed by atoms with Crippen LogP contribution in [-0.4, -0.2) is 4.75 Å². The summed E-state index contributed by atoms with van der Waals surface area (Å²) in [5.74, 6) is 0.559. The summed E-state index contributed by atoms with van der Waals surface area (Å²) < 4.78 is 5.01. The summed E-state index contributed by atoms with van der Waals surface area (Å²) in [4.78, 5) is 0. The molecule has 1 aromatic carbocycles. The Hall–Kier alpha value is 0.01000. The van der Waals surface area contributed by atoms with Crippen molar-refractivity contribution >= 4 is 27.9 Å². The van der Waals surface area contributed by atoms with Crippen molar-refractivity contribution in [2.45, 2.75) is 45.4 Å². The van der Waals surface area contributed by atoms with Gasteiger partial charge in [0.15, 0.2) is 0 Å². The van der Waals surface area contributed by atoms with E-state index in [1.165, 1.54) is 10.0 Å². The molecule has 0 bridgehead atoms. The predicted molar refractivity (Wildman–Crippen MR) is 82.2 cm³/mol. The van der Waals surface area contributed by atoms with Crippen LogP contribution in [0.2, 0.25) is 0 Å². The first-order valence-corrected chi connectivity index (χ1v) is 7.60. The molecule has 0 radical (unpaired) electrons. The van der Waals surface area contributed by atoms with Gasteiger partial charge in [-0.05, 0) is 38.3 Å². The lowest BCUT2D eigenvalue weighted by atomic mass is 9.97. The van der Waals surface area contributed by atoms with Crippen LogP contribution >= 0.6 is 27.9 Å². The molecule has 17 heavy (non-hydrogen) atoms. The maximum absolute atomic E-state index is 3.64. The molecular weight excluding hydrogens is 294 g/mol. The van der Waals surface area contributed by atoms with E-state index in [0.29, 0.717) is 12.0 Å². The molecule has 1 atom stereocenters. The van der Waals surface area contributed by atoms with Crippen LogP contribution in [0.1, 0.15) is 46.2 Å². The average molecular weight is 316 g/mol. The van der Waals surface area contributed by atoms with Gasteiger partial charge in [-0.1, -0.05) is 59.9 Å². The summed E-state index contributed by atoms with van der Waals surface area (Å²) in [5.41, 5.74) is 1.33. The van der Waals surface area contributed by atoms with E-state index < -0.39 is 0 Å². The maximum Gasteiger partial charge on any atom is 0.0455 e. The van der Waals surface area contributed by atoms with Crippen molar-refractivity contribution in [2.75, 3.05) is 0 Å². The Kier molecular flexibility index (Phi) is 5.55. The molecule has 1 rings (SSSR count). The summed E-state index contributed by atoms with van der Waals surface area (Å²) >= 11 is 5.44. The molecule has 0 aliphatic heterocycles. The van der Waals surface area contributed by atoms with E-state index in [1.807, 2.05) is 0 Å². The fraction of sp³-hybridized carbons (Fsp3) is 0.571. The fourth-order valence-corrected chi connectivity index (χ4v) is 2.94. The zero-order valence-electron chi connectivity index (χ0n) is 11.3. The van der Waals surface area contributed by atoms with Gasteiger partial charge in [-0.2, -0.15) is 0 Å². The number of hydrogen-bond donors (Lipinski definition) is 1. The number of rotatable bonds is 4. The van der Waals surface area contributed by atoms with Gasteiger partial charge in [-0.25, -0.2) is 0 Å². The van der Waals surface area contributed by atoms with Crippen molar-refractivity contribution < 1.29 is 0 Å². The Morgan fingerprint density at radius 3 is 2.24 bits per heavy atom. The molecule has 0 unspecified atom stereocenters. The highest BCUT2D eigenvalue weighted by molar-refractivity contribution is 9.10. The van der Waals surface area contributed by atoms with Crippen LogP contribution in [0.4, 0.5) is 0 Å². The molecule has 0 saturated heterocycles. The molecule has 0 spiro atoms. The van der Waals surface area contributed by atoms with Gasteiger partial charge < -0.3 is 0 Å². The van der Waals surface area contributed by atoms with Crippen molar-refractivity contribution in [3.63, 3.8) is 0 Å². The third kappa shape index (κ3) is 5.02. The molecule has 0 aromatic heterocycles. The minimum atomic E-state index is 0.231. The average Bonchev–Trinajstić information content (AvgIpc) is 2.18. The lowest BCUT2D eigenvalue weighted by molar-refractivity contribution is 0.483. The van der Waals surface area contributed by atoms with Gasteiger partial charge in [-0.15, -0.1) is 0 Å². The Morgan fingerprint density at radius 1 is 1.18 bits per heavy atom. The highest BCUT2D eigenvalue weighted by atomic mass is 79.9. The minimum Gasteiger partial charge on any atom is -0.256 e. The topological polar surface area (TPSA) is 12.0 Å². The van der Waals surface area contributed by atoms with Crippen LogP contribution < -0.4 is 4.72 Å². The van der Waals surface area contributed by atoms with Gasteiger partial charge in [0.05, 0.1) is 0 Å². The van der Waals surface area contributed by atoms with Crippen LogP contribution in [0.15, 0.2) is 28.7 Å². The summed E-state index contributed by atoms with van der Waals surface area (Å²) in [6, 6.07) is 8.81. The quantitative estimate of drug-likeness (QED) is 0.768. The van der Waals surface area contributed by atoms with E-state index in [0.717, 1.165) is 0 Å². The molecule has 3 heteroatoms. The molecule has 1 N–H and O–H groups in total. The first kappa shape index (κ1) is 15.1. The van der Waals surface area contributed by atoms with Gasteiger partial charge in [0.1, 0.15) is 0 Å². The molecule has 0 fully saturated rings. The van der Waals surface area contributed by atoms with E-state index >= 15 is 0 Å². The standard InChI is InChI=1S/C14H22BrNS/c1-10(2)13(16-17-14(3,4)5)11-8-6-7-9-12(11)15/h6-10,13,16H,1-5H3/t13-/m1/s1. The zero-order chi connectivity index (χ0) is 13.1. The van der Waals surface area contributed by atoms with Crippen molar-refractivity contribution in [3.05, 3.63) is 34.3 Å². The fourth-order valence-electron chi connectivity index (χ4n) is 1.53. The monoisotopic (exact) mass is 315 g/mol. The van der Waals surface area contributed by atoms with Crippen LogP contribution in [-0.2, 0) is 0 Å². The molecule has 0 heterocycles. The van der Waals surface area contributed by atoms with Crippen LogP contribution in [0, 0.1) is 5.92 Å². The molecule has 96 valence electrons. The van der Waals surface area contributed by atoms with Gasteiger partial charge >= 0.3 is 0 Å². The number of hydrogen-bond acceptors (Lipinski definition) is 2. The Bertz CT molecular complexity index is 357. The molecule has 0 aliphatic rings. The van der Waals surface area contributed by atoms with E-state index in [9.17, 15) is 0 Å². The third-order valence-electron chi connectivity index (χ3n) is 2.40. The first-order valence-electron chi connectivity index (χ1n) is 5.99. The molecule has 0 saturated carbocycles. The van der Waals surface area contributed by atoms with E-state index in [4.69, 9.17) is 0 Å². The number of nitrogens with one attached hydrogen (secondary N) is 1. The minimum absolute atomic E-state index is 0.231. The molecular formula is C14H22BrNS. The molecule has 1 aromatic rings. The highest BCUT2D eigenvalue weighted by Gasteiger charge is 2.20. The van der Waals surface area contributed by atoms with Gasteiger partial charge in [0.2, 0.25) is 0 Å². The van der Waals surface area contributed by atoms with Crippen molar-refractivity contribution in [1.82, 2.24) is 4.72 Å². The van der Waals surface area contributed by atoms with Gasteiger partial charge in [0.25, 0.3) is 0 Å². The maximum atomic E-state index is 3.64. The van der Waals surface area contributed by atoms with E-state index in [1.54, 1.807) is 11.9 Å². The molecule has 0 amide bonds. The van der Waals surface area contributed by atoms with Crippen LogP contribution in [0.25, 0.3) is 0 Å². The van der Waals surface area contributed by atoms with Crippen molar-refractivity contribution in [2.24, 2.45) is 5.92 Å². The largest absolute Gasteiger partial charge is 0.256 e. The van der Waals surface area contributed by atoms with Crippen LogP contribution in [0.3, 0.4) is 0 Å². The lowest BCUT2D eigenvalue weighted by Crippen LogP contribution is -2.25. The third-order valence-corrected chi connectivity index (χ3v) is 4.11. The lowest BCUT2D eigenvalue weighted by Gasteiger charge is -2.27. The van der Waals surface area contributed by atoms with Crippen molar-refractivity contribution in [3.8, 4) is 0 Å². The molecule has 0 aliphatic carbocycles. The predicted octanol–water partition coefficient (Wildman–Crippen LogP) is 5.18. The van der Waals surface area contributed by atoms with Crippen LogP contribution in [0.5, 0.6) is 0 Å². The second-order valence-electron chi connectivity index (χ2n) is 5.58. The van der Waals surface area contributed by atoms with Gasteiger partial charge in [0, 0.05) is 15.3 Å².